The maximum atomic E-state index is 13.2. The van der Waals surface area contributed by atoms with Gasteiger partial charge in [-0.3, -0.25) is 4.79 Å². The lowest BCUT2D eigenvalue weighted by atomic mass is 10.1. The highest BCUT2D eigenvalue weighted by Gasteiger charge is 2.29. The van der Waals surface area contributed by atoms with Crippen molar-refractivity contribution in [2.24, 2.45) is 0 Å². The largest absolute Gasteiger partial charge is 0.379 e. The second-order valence-electron chi connectivity index (χ2n) is 7.61. The molecule has 0 spiro atoms. The van der Waals surface area contributed by atoms with Crippen molar-refractivity contribution in [3.63, 3.8) is 0 Å². The summed E-state index contributed by atoms with van der Waals surface area (Å²) in [6, 6.07) is 15.0. The monoisotopic (exact) mass is 429 g/mol. The van der Waals surface area contributed by atoms with Gasteiger partial charge in [0.15, 0.2) is 0 Å². The Hall–Kier alpha value is -2.42. The van der Waals surface area contributed by atoms with Crippen LogP contribution in [0.4, 0.5) is 5.69 Å². The molecular weight excluding hydrogens is 402 g/mol. The number of piperazine rings is 1. The summed E-state index contributed by atoms with van der Waals surface area (Å²) >= 11 is 0. The van der Waals surface area contributed by atoms with E-state index < -0.39 is 10.0 Å². The van der Waals surface area contributed by atoms with Crippen LogP contribution < -0.4 is 4.90 Å². The van der Waals surface area contributed by atoms with Gasteiger partial charge < -0.3 is 14.5 Å². The third-order valence-corrected chi connectivity index (χ3v) is 7.63. The first-order valence-electron chi connectivity index (χ1n) is 10.2. The fourth-order valence-electron chi connectivity index (χ4n) is 3.90. The second kappa shape index (κ2) is 8.75. The van der Waals surface area contributed by atoms with E-state index in [4.69, 9.17) is 4.74 Å². The molecule has 2 fully saturated rings. The molecule has 2 saturated heterocycles. The van der Waals surface area contributed by atoms with E-state index in [0.717, 1.165) is 24.3 Å². The van der Waals surface area contributed by atoms with Gasteiger partial charge in [0.25, 0.3) is 5.91 Å². The quantitative estimate of drug-likeness (QED) is 0.743. The van der Waals surface area contributed by atoms with Gasteiger partial charge in [0, 0.05) is 50.5 Å². The molecule has 8 heteroatoms. The van der Waals surface area contributed by atoms with Crippen molar-refractivity contribution in [3.8, 4) is 0 Å². The lowest BCUT2D eigenvalue weighted by molar-refractivity contribution is 0.0729. The Morgan fingerprint density at radius 1 is 0.900 bits per heavy atom. The molecule has 0 aliphatic carbocycles. The highest BCUT2D eigenvalue weighted by atomic mass is 32.2. The molecule has 2 aromatic rings. The Morgan fingerprint density at radius 2 is 1.57 bits per heavy atom. The molecule has 0 radical (unpaired) electrons. The number of aryl methyl sites for hydroxylation is 1. The van der Waals surface area contributed by atoms with Crippen LogP contribution in [0.2, 0.25) is 0 Å². The Kier molecular flexibility index (Phi) is 6.08. The Bertz CT molecular complexity index is 996. The van der Waals surface area contributed by atoms with Crippen LogP contribution in [0.25, 0.3) is 0 Å². The molecule has 7 nitrogen and oxygen atoms in total. The maximum absolute atomic E-state index is 13.2. The third-order valence-electron chi connectivity index (χ3n) is 5.74. The number of rotatable bonds is 4. The molecular formula is C22H27N3O4S. The van der Waals surface area contributed by atoms with E-state index in [-0.39, 0.29) is 10.8 Å². The van der Waals surface area contributed by atoms with Crippen LogP contribution in [0.3, 0.4) is 0 Å². The minimum absolute atomic E-state index is 0.112. The van der Waals surface area contributed by atoms with Crippen LogP contribution in [0, 0.1) is 6.92 Å². The summed E-state index contributed by atoms with van der Waals surface area (Å²) in [5, 5.41) is 0. The third kappa shape index (κ3) is 4.21. The Morgan fingerprint density at radius 3 is 2.23 bits per heavy atom. The fraction of sp³-hybridized carbons (Fsp3) is 0.409. The van der Waals surface area contributed by atoms with Crippen molar-refractivity contribution in [1.29, 1.82) is 0 Å². The number of carbonyl (C=O) groups is 1. The average Bonchev–Trinajstić information content (AvgIpc) is 2.80. The molecule has 160 valence electrons. The average molecular weight is 430 g/mol. The number of amides is 1. The maximum Gasteiger partial charge on any atom is 0.254 e. The van der Waals surface area contributed by atoms with Gasteiger partial charge in [-0.05, 0) is 36.8 Å². The normalized spacial score (nSPS) is 18.4. The van der Waals surface area contributed by atoms with Gasteiger partial charge >= 0.3 is 0 Å². The number of sulfonamides is 1. The predicted octanol–water partition coefficient (Wildman–Crippen LogP) is 1.98. The standard InChI is InChI=1S/C22H27N3O4S/c1-18-7-8-20(30(27,28)25-13-15-29-16-14-25)17-21(18)22(26)24-11-9-23(10-12-24)19-5-3-2-4-6-19/h2-8,17H,9-16H2,1H3. The molecule has 2 aromatic carbocycles. The zero-order valence-electron chi connectivity index (χ0n) is 17.2. The number of morpholine rings is 1. The Balaban J connectivity index is 1.50. The summed E-state index contributed by atoms with van der Waals surface area (Å²) in [4.78, 5) is 17.4. The minimum Gasteiger partial charge on any atom is -0.379 e. The van der Waals surface area contributed by atoms with E-state index >= 15 is 0 Å². The molecule has 30 heavy (non-hydrogen) atoms. The number of ether oxygens (including phenoxy) is 1. The Labute approximate surface area is 177 Å². The van der Waals surface area contributed by atoms with Crippen LogP contribution in [0.15, 0.2) is 53.4 Å². The second-order valence-corrected chi connectivity index (χ2v) is 9.55. The SMILES string of the molecule is Cc1ccc(S(=O)(=O)N2CCOCC2)cc1C(=O)N1CCN(c2ccccc2)CC1. The minimum atomic E-state index is -3.64. The number of benzene rings is 2. The number of anilines is 1. The fourth-order valence-corrected chi connectivity index (χ4v) is 5.34. The lowest BCUT2D eigenvalue weighted by Crippen LogP contribution is -2.49. The molecule has 0 bridgehead atoms. The molecule has 2 aliphatic rings. The number of carbonyl (C=O) groups excluding carboxylic acids is 1. The first-order valence-corrected chi connectivity index (χ1v) is 11.7. The zero-order chi connectivity index (χ0) is 21.1. The van der Waals surface area contributed by atoms with Crippen LogP contribution in [0.1, 0.15) is 15.9 Å². The molecule has 1 amide bonds. The van der Waals surface area contributed by atoms with Gasteiger partial charge in [-0.15, -0.1) is 0 Å². The summed E-state index contributed by atoms with van der Waals surface area (Å²) in [7, 11) is -3.64. The predicted molar refractivity (Wildman–Crippen MR) is 115 cm³/mol. The van der Waals surface area contributed by atoms with E-state index in [1.165, 1.54) is 10.4 Å². The zero-order valence-corrected chi connectivity index (χ0v) is 18.0. The van der Waals surface area contributed by atoms with Crippen molar-refractivity contribution in [2.75, 3.05) is 57.4 Å². The molecule has 0 saturated carbocycles. The summed E-state index contributed by atoms with van der Waals surface area (Å²) in [5.41, 5.74) is 2.39. The highest BCUT2D eigenvalue weighted by molar-refractivity contribution is 7.89. The van der Waals surface area contributed by atoms with Crippen LogP contribution in [-0.4, -0.2) is 76.0 Å². The molecule has 4 rings (SSSR count). The van der Waals surface area contributed by atoms with Crippen LogP contribution in [0.5, 0.6) is 0 Å². The summed E-state index contributed by atoms with van der Waals surface area (Å²) in [6.07, 6.45) is 0. The molecule has 0 atom stereocenters. The van der Waals surface area contributed by atoms with E-state index in [9.17, 15) is 13.2 Å². The number of para-hydroxylation sites is 1. The van der Waals surface area contributed by atoms with Crippen molar-refractivity contribution >= 4 is 21.6 Å². The summed E-state index contributed by atoms with van der Waals surface area (Å²) in [5.74, 6) is -0.112. The molecule has 2 heterocycles. The first-order chi connectivity index (χ1) is 14.5. The van der Waals surface area contributed by atoms with Gasteiger partial charge in [-0.25, -0.2) is 8.42 Å². The van der Waals surface area contributed by atoms with Gasteiger partial charge in [-0.2, -0.15) is 4.31 Å². The highest BCUT2D eigenvalue weighted by Crippen LogP contribution is 2.23. The number of nitrogens with zero attached hydrogens (tertiary/aromatic N) is 3. The molecule has 2 aliphatic heterocycles. The van der Waals surface area contributed by atoms with Gasteiger partial charge in [-0.1, -0.05) is 24.3 Å². The van der Waals surface area contributed by atoms with Crippen LogP contribution in [-0.2, 0) is 14.8 Å². The number of hydrogen-bond acceptors (Lipinski definition) is 5. The summed E-state index contributed by atoms with van der Waals surface area (Å²) < 4.78 is 32.7. The molecule has 0 N–H and O–H groups in total. The van der Waals surface area contributed by atoms with Crippen molar-refractivity contribution in [1.82, 2.24) is 9.21 Å². The number of hydrogen-bond donors (Lipinski definition) is 0. The molecule has 0 aromatic heterocycles. The van der Waals surface area contributed by atoms with Crippen LogP contribution >= 0.6 is 0 Å². The smallest absolute Gasteiger partial charge is 0.254 e. The van der Waals surface area contributed by atoms with E-state index in [1.807, 2.05) is 30.0 Å². The van der Waals surface area contributed by atoms with Crippen molar-refractivity contribution in [3.05, 3.63) is 59.7 Å². The van der Waals surface area contributed by atoms with Gasteiger partial charge in [0.05, 0.1) is 18.1 Å². The molecule has 0 unspecified atom stereocenters. The van der Waals surface area contributed by atoms with E-state index in [1.54, 1.807) is 12.1 Å². The van der Waals surface area contributed by atoms with Crippen molar-refractivity contribution in [2.45, 2.75) is 11.8 Å². The van der Waals surface area contributed by atoms with E-state index in [2.05, 4.69) is 17.0 Å². The lowest BCUT2D eigenvalue weighted by Gasteiger charge is -2.36. The van der Waals surface area contributed by atoms with Gasteiger partial charge in [0.1, 0.15) is 0 Å². The van der Waals surface area contributed by atoms with E-state index in [0.29, 0.717) is 45.0 Å². The summed E-state index contributed by atoms with van der Waals surface area (Å²) in [6.45, 7) is 6.01. The van der Waals surface area contributed by atoms with Crippen molar-refractivity contribution < 1.29 is 17.9 Å². The topological polar surface area (TPSA) is 70.2 Å². The van der Waals surface area contributed by atoms with Gasteiger partial charge in [0.2, 0.25) is 10.0 Å². The first kappa shape index (κ1) is 20.8.